The Morgan fingerprint density at radius 2 is 2.14 bits per heavy atom. The number of unbranched alkanes of at least 4 members (excludes halogenated alkanes) is 1. The fourth-order valence-electron chi connectivity index (χ4n) is 3.27. The molecule has 2 atom stereocenters. The van der Waals surface area contributed by atoms with E-state index in [1.165, 1.54) is 0 Å². The van der Waals surface area contributed by atoms with Crippen LogP contribution < -0.4 is 4.90 Å². The van der Waals surface area contributed by atoms with E-state index in [0.717, 1.165) is 44.6 Å². The average Bonchev–Trinajstić information content (AvgIpc) is 2.77. The van der Waals surface area contributed by atoms with Crippen LogP contribution in [0.2, 0.25) is 5.28 Å². The molecular formula is C15H21ClN4O2. The molecule has 2 saturated heterocycles. The van der Waals surface area contributed by atoms with Crippen LogP contribution in [0.5, 0.6) is 0 Å². The first-order valence-corrected chi connectivity index (χ1v) is 8.25. The third-order valence-corrected chi connectivity index (χ3v) is 4.53. The smallest absolute Gasteiger partial charge is 0.410 e. The fourth-order valence-corrected chi connectivity index (χ4v) is 3.41. The van der Waals surface area contributed by atoms with Crippen LogP contribution in [0.3, 0.4) is 0 Å². The van der Waals surface area contributed by atoms with Gasteiger partial charge in [-0.25, -0.2) is 14.8 Å². The number of carbonyl (C=O) groups is 1. The number of aromatic nitrogens is 2. The third kappa shape index (κ3) is 3.11. The lowest BCUT2D eigenvalue weighted by Crippen LogP contribution is -2.56. The van der Waals surface area contributed by atoms with Crippen molar-refractivity contribution in [2.45, 2.75) is 44.7 Å². The highest BCUT2D eigenvalue weighted by atomic mass is 35.5. The summed E-state index contributed by atoms with van der Waals surface area (Å²) in [6.07, 6.45) is 5.48. The number of nitrogens with zero attached hydrogens (tertiary/aromatic N) is 4. The number of amides is 1. The van der Waals surface area contributed by atoms with Gasteiger partial charge in [0, 0.05) is 19.3 Å². The highest BCUT2D eigenvalue weighted by Crippen LogP contribution is 2.32. The number of rotatable bonds is 4. The van der Waals surface area contributed by atoms with Gasteiger partial charge in [0.05, 0.1) is 18.7 Å². The van der Waals surface area contributed by atoms with Crippen molar-refractivity contribution >= 4 is 23.5 Å². The minimum atomic E-state index is -0.165. The maximum absolute atomic E-state index is 12.3. The molecule has 0 aliphatic carbocycles. The summed E-state index contributed by atoms with van der Waals surface area (Å²) in [5.74, 6) is 0.830. The molecule has 0 radical (unpaired) electrons. The Bertz CT molecular complexity index is 528. The van der Waals surface area contributed by atoms with Crippen molar-refractivity contribution in [1.29, 1.82) is 0 Å². The zero-order valence-electron chi connectivity index (χ0n) is 12.7. The van der Waals surface area contributed by atoms with E-state index in [9.17, 15) is 4.79 Å². The number of hydrogen-bond donors (Lipinski definition) is 0. The van der Waals surface area contributed by atoms with Gasteiger partial charge in [0.2, 0.25) is 5.28 Å². The van der Waals surface area contributed by atoms with Crippen molar-refractivity contribution in [3.05, 3.63) is 17.5 Å². The van der Waals surface area contributed by atoms with Crippen LogP contribution in [0.15, 0.2) is 12.3 Å². The molecule has 2 fully saturated rings. The Kier molecular flexibility index (Phi) is 4.66. The molecule has 120 valence electrons. The van der Waals surface area contributed by atoms with Gasteiger partial charge >= 0.3 is 6.09 Å². The summed E-state index contributed by atoms with van der Waals surface area (Å²) in [7, 11) is 0. The normalized spacial score (nSPS) is 23.7. The molecule has 2 bridgehead atoms. The van der Waals surface area contributed by atoms with E-state index in [2.05, 4.69) is 21.8 Å². The summed E-state index contributed by atoms with van der Waals surface area (Å²) in [6.45, 7) is 4.14. The van der Waals surface area contributed by atoms with E-state index in [0.29, 0.717) is 6.61 Å². The first-order valence-electron chi connectivity index (χ1n) is 7.87. The Morgan fingerprint density at radius 1 is 1.41 bits per heavy atom. The van der Waals surface area contributed by atoms with Gasteiger partial charge in [0.25, 0.3) is 0 Å². The fraction of sp³-hybridized carbons (Fsp3) is 0.667. The van der Waals surface area contributed by atoms with Crippen molar-refractivity contribution in [2.75, 3.05) is 24.6 Å². The first kappa shape index (κ1) is 15.3. The topological polar surface area (TPSA) is 58.6 Å². The molecule has 1 amide bonds. The molecule has 1 aromatic rings. The Labute approximate surface area is 135 Å². The van der Waals surface area contributed by atoms with Crippen LogP contribution in [0.25, 0.3) is 0 Å². The van der Waals surface area contributed by atoms with Crippen LogP contribution in [-0.2, 0) is 4.74 Å². The summed E-state index contributed by atoms with van der Waals surface area (Å²) in [6, 6.07) is 2.25. The number of halogens is 1. The van der Waals surface area contributed by atoms with Gasteiger partial charge in [-0.1, -0.05) is 13.3 Å². The lowest BCUT2D eigenvalue weighted by Gasteiger charge is -2.40. The Hall–Kier alpha value is -1.56. The van der Waals surface area contributed by atoms with Crippen LogP contribution in [-0.4, -0.2) is 52.7 Å². The number of hydrogen-bond acceptors (Lipinski definition) is 5. The maximum Gasteiger partial charge on any atom is 0.410 e. The molecule has 1 aromatic heterocycles. The molecule has 3 rings (SSSR count). The third-order valence-electron chi connectivity index (χ3n) is 4.35. The lowest BCUT2D eigenvalue weighted by atomic mass is 10.2. The maximum atomic E-state index is 12.3. The molecule has 2 aliphatic rings. The molecule has 0 aromatic carbocycles. The number of anilines is 1. The summed E-state index contributed by atoms with van der Waals surface area (Å²) in [5, 5.41) is 0.256. The van der Waals surface area contributed by atoms with Crippen LogP contribution in [0, 0.1) is 0 Å². The van der Waals surface area contributed by atoms with Crippen LogP contribution in [0.4, 0.5) is 10.6 Å². The van der Waals surface area contributed by atoms with E-state index in [1.807, 2.05) is 11.0 Å². The zero-order chi connectivity index (χ0) is 15.5. The van der Waals surface area contributed by atoms with Crippen molar-refractivity contribution in [3.63, 3.8) is 0 Å². The molecule has 0 N–H and O–H groups in total. The van der Waals surface area contributed by atoms with Gasteiger partial charge in [-0.05, 0) is 36.9 Å². The molecule has 7 heteroatoms. The number of ether oxygens (including phenoxy) is 1. The number of carbonyl (C=O) groups excluding carboxylic acids is 1. The molecular weight excluding hydrogens is 304 g/mol. The Balaban J connectivity index is 1.65. The van der Waals surface area contributed by atoms with Gasteiger partial charge in [0.15, 0.2) is 0 Å². The lowest BCUT2D eigenvalue weighted by molar-refractivity contribution is 0.0776. The van der Waals surface area contributed by atoms with E-state index in [-0.39, 0.29) is 23.5 Å². The largest absolute Gasteiger partial charge is 0.449 e. The van der Waals surface area contributed by atoms with Crippen molar-refractivity contribution in [3.8, 4) is 0 Å². The average molecular weight is 325 g/mol. The van der Waals surface area contributed by atoms with Gasteiger partial charge in [0.1, 0.15) is 5.82 Å². The molecule has 3 heterocycles. The molecule has 0 saturated carbocycles. The predicted molar refractivity (Wildman–Crippen MR) is 84.2 cm³/mol. The predicted octanol–water partition coefficient (Wildman–Crippen LogP) is 2.72. The summed E-state index contributed by atoms with van der Waals surface area (Å²) in [4.78, 5) is 24.6. The standard InChI is InChI=1S/C15H21ClN4O2/c1-2-3-8-22-15(21)20-11-4-5-12(20)10-19(9-11)13-6-7-17-14(16)18-13/h6-7,11-12H,2-5,8-10H2,1H3/t11-,12+. The Morgan fingerprint density at radius 3 is 2.77 bits per heavy atom. The number of piperazine rings is 1. The molecule has 2 aliphatic heterocycles. The number of fused-ring (bicyclic) bond motifs is 2. The van der Waals surface area contributed by atoms with Gasteiger partial charge in [-0.15, -0.1) is 0 Å². The minimum absolute atomic E-state index is 0.165. The van der Waals surface area contributed by atoms with Gasteiger partial charge in [-0.2, -0.15) is 0 Å². The molecule has 0 spiro atoms. The van der Waals surface area contributed by atoms with Gasteiger partial charge < -0.3 is 9.64 Å². The second-order valence-electron chi connectivity index (χ2n) is 5.85. The molecule has 6 nitrogen and oxygen atoms in total. The van der Waals surface area contributed by atoms with E-state index in [4.69, 9.17) is 16.3 Å². The quantitative estimate of drug-likeness (QED) is 0.629. The van der Waals surface area contributed by atoms with Gasteiger partial charge in [-0.3, -0.25) is 4.90 Å². The summed E-state index contributed by atoms with van der Waals surface area (Å²) >= 11 is 5.87. The summed E-state index contributed by atoms with van der Waals surface area (Å²) in [5.41, 5.74) is 0. The van der Waals surface area contributed by atoms with Crippen LogP contribution in [0.1, 0.15) is 32.6 Å². The van der Waals surface area contributed by atoms with E-state index in [1.54, 1.807) is 6.20 Å². The second kappa shape index (κ2) is 6.69. The van der Waals surface area contributed by atoms with E-state index >= 15 is 0 Å². The molecule has 22 heavy (non-hydrogen) atoms. The monoisotopic (exact) mass is 324 g/mol. The van der Waals surface area contributed by atoms with Crippen molar-refractivity contribution in [2.24, 2.45) is 0 Å². The van der Waals surface area contributed by atoms with E-state index < -0.39 is 0 Å². The zero-order valence-corrected chi connectivity index (χ0v) is 13.5. The first-order chi connectivity index (χ1) is 10.7. The highest BCUT2D eigenvalue weighted by molar-refractivity contribution is 6.28. The summed E-state index contributed by atoms with van der Waals surface area (Å²) < 4.78 is 5.38. The van der Waals surface area contributed by atoms with Crippen LogP contribution >= 0.6 is 11.6 Å². The van der Waals surface area contributed by atoms with Crippen molar-refractivity contribution < 1.29 is 9.53 Å². The SMILES string of the molecule is CCCCOC(=O)N1[C@@H]2CC[C@H]1CN(c1ccnc(Cl)n1)C2. The second-order valence-corrected chi connectivity index (χ2v) is 6.19. The molecule has 0 unspecified atom stereocenters. The highest BCUT2D eigenvalue weighted by Gasteiger charge is 2.43. The van der Waals surface area contributed by atoms with Crippen molar-refractivity contribution in [1.82, 2.24) is 14.9 Å². The minimum Gasteiger partial charge on any atom is -0.449 e.